The van der Waals surface area contributed by atoms with Gasteiger partial charge in [-0.3, -0.25) is 9.78 Å². The smallest absolute Gasteiger partial charge is 0.246 e. The molecule has 0 spiro atoms. The van der Waals surface area contributed by atoms with E-state index in [1.54, 1.807) is 36.7 Å². The quantitative estimate of drug-likeness (QED) is 0.718. The summed E-state index contributed by atoms with van der Waals surface area (Å²) < 4.78 is 10.6. The van der Waals surface area contributed by atoms with Crippen LogP contribution in [0.5, 0.6) is 11.5 Å². The molecule has 3 rings (SSSR count). The lowest BCUT2D eigenvalue weighted by Crippen LogP contribution is -2.48. The zero-order chi connectivity index (χ0) is 19.8. The number of hydrogen-bond acceptors (Lipinski definition) is 6. The number of pyridine rings is 1. The number of aromatic nitrogens is 1. The van der Waals surface area contributed by atoms with Crippen molar-refractivity contribution in [2.24, 2.45) is 0 Å². The maximum Gasteiger partial charge on any atom is 0.246 e. The summed E-state index contributed by atoms with van der Waals surface area (Å²) in [6.45, 7) is 2.89. The van der Waals surface area contributed by atoms with Gasteiger partial charge in [-0.25, -0.2) is 0 Å². The highest BCUT2D eigenvalue weighted by Gasteiger charge is 2.19. The van der Waals surface area contributed by atoms with Crippen LogP contribution in [0, 0.1) is 11.3 Å². The van der Waals surface area contributed by atoms with E-state index in [2.05, 4.69) is 9.88 Å². The van der Waals surface area contributed by atoms with E-state index < -0.39 is 0 Å². The van der Waals surface area contributed by atoms with Crippen molar-refractivity contribution in [3.8, 4) is 17.6 Å². The van der Waals surface area contributed by atoms with E-state index >= 15 is 0 Å². The number of nitriles is 1. The van der Waals surface area contributed by atoms with Crippen LogP contribution in [0.4, 0.5) is 5.69 Å². The summed E-state index contributed by atoms with van der Waals surface area (Å²) >= 11 is 0. The van der Waals surface area contributed by atoms with Crippen molar-refractivity contribution in [3.05, 3.63) is 54.4 Å². The molecule has 0 N–H and O–H groups in total. The molecule has 1 aliphatic heterocycles. The molecule has 144 valence electrons. The number of benzene rings is 1. The second-order valence-corrected chi connectivity index (χ2v) is 6.21. The van der Waals surface area contributed by atoms with Gasteiger partial charge in [0.25, 0.3) is 0 Å². The second kappa shape index (κ2) is 9.42. The molecule has 1 aliphatic rings. The molecular formula is C21H22N4O3. The van der Waals surface area contributed by atoms with Crippen LogP contribution in [-0.4, -0.2) is 55.7 Å². The largest absolute Gasteiger partial charge is 0.493 e. The lowest BCUT2D eigenvalue weighted by molar-refractivity contribution is -0.126. The molecule has 0 atom stereocenters. The molecule has 28 heavy (non-hydrogen) atoms. The minimum Gasteiger partial charge on any atom is -0.493 e. The summed E-state index contributed by atoms with van der Waals surface area (Å²) in [6, 6.07) is 11.2. The average molecular weight is 378 g/mol. The highest BCUT2D eigenvalue weighted by molar-refractivity contribution is 5.92. The van der Waals surface area contributed by atoms with E-state index in [-0.39, 0.29) is 12.5 Å². The number of anilines is 1. The Morgan fingerprint density at radius 1 is 1.18 bits per heavy atom. The predicted molar refractivity (Wildman–Crippen MR) is 106 cm³/mol. The molecule has 1 aromatic carbocycles. The first kappa shape index (κ1) is 19.2. The Labute approximate surface area is 164 Å². The number of ether oxygens (including phenoxy) is 2. The van der Waals surface area contributed by atoms with E-state index in [0.717, 1.165) is 24.3 Å². The molecule has 2 aromatic rings. The Morgan fingerprint density at radius 2 is 1.93 bits per heavy atom. The van der Waals surface area contributed by atoms with Crippen molar-refractivity contribution in [2.45, 2.75) is 0 Å². The Morgan fingerprint density at radius 3 is 2.61 bits per heavy atom. The summed E-state index contributed by atoms with van der Waals surface area (Å²) in [6.07, 6.45) is 6.89. The van der Waals surface area contributed by atoms with Gasteiger partial charge in [-0.15, -0.1) is 0 Å². The fourth-order valence-electron chi connectivity index (χ4n) is 3.03. The molecule has 2 heterocycles. The second-order valence-electron chi connectivity index (χ2n) is 6.21. The van der Waals surface area contributed by atoms with Gasteiger partial charge in [-0.2, -0.15) is 5.26 Å². The summed E-state index contributed by atoms with van der Waals surface area (Å²) in [7, 11) is 1.54. The Balaban J connectivity index is 1.57. The molecule has 1 aromatic heterocycles. The first-order valence-electron chi connectivity index (χ1n) is 9.01. The van der Waals surface area contributed by atoms with Gasteiger partial charge in [-0.05, 0) is 35.9 Å². The van der Waals surface area contributed by atoms with Crippen LogP contribution < -0.4 is 14.4 Å². The standard InChI is InChI=1S/C21H22N4O3/c1-27-20-16-17(2-4-19(20)28-15-8-22)3-5-21(26)25-13-11-24(12-14-25)18-6-9-23-10-7-18/h2-7,9-10,16H,11-15H2,1H3/b5-3+. The number of rotatable bonds is 6. The molecule has 1 saturated heterocycles. The number of nitrogens with zero attached hydrogens (tertiary/aromatic N) is 4. The van der Waals surface area contributed by atoms with E-state index in [1.807, 2.05) is 29.2 Å². The number of amides is 1. The van der Waals surface area contributed by atoms with Crippen LogP contribution in [0.3, 0.4) is 0 Å². The first-order chi connectivity index (χ1) is 13.7. The zero-order valence-electron chi connectivity index (χ0n) is 15.7. The van der Waals surface area contributed by atoms with Crippen LogP contribution in [-0.2, 0) is 4.79 Å². The van der Waals surface area contributed by atoms with Crippen LogP contribution in [0.15, 0.2) is 48.8 Å². The zero-order valence-corrected chi connectivity index (χ0v) is 15.7. The molecule has 0 unspecified atom stereocenters. The molecule has 0 radical (unpaired) electrons. The van der Waals surface area contributed by atoms with Gasteiger partial charge in [0, 0.05) is 50.3 Å². The topological polar surface area (TPSA) is 78.7 Å². The molecule has 7 heteroatoms. The third-order valence-corrected chi connectivity index (χ3v) is 4.52. The van der Waals surface area contributed by atoms with Crippen LogP contribution in [0.25, 0.3) is 6.08 Å². The van der Waals surface area contributed by atoms with Crippen LogP contribution >= 0.6 is 0 Å². The molecule has 0 bridgehead atoms. The van der Waals surface area contributed by atoms with Gasteiger partial charge in [-0.1, -0.05) is 6.07 Å². The monoisotopic (exact) mass is 378 g/mol. The highest BCUT2D eigenvalue weighted by atomic mass is 16.5. The molecule has 0 saturated carbocycles. The third kappa shape index (κ3) is 4.80. The number of piperazine rings is 1. The van der Waals surface area contributed by atoms with Crippen LogP contribution in [0.1, 0.15) is 5.56 Å². The van der Waals surface area contributed by atoms with Crippen molar-refractivity contribution < 1.29 is 14.3 Å². The Hall–Kier alpha value is -3.53. The lowest BCUT2D eigenvalue weighted by Gasteiger charge is -2.35. The van der Waals surface area contributed by atoms with Gasteiger partial charge >= 0.3 is 0 Å². The third-order valence-electron chi connectivity index (χ3n) is 4.52. The van der Waals surface area contributed by atoms with Crippen molar-refractivity contribution in [3.63, 3.8) is 0 Å². The Kier molecular flexibility index (Phi) is 6.47. The minimum absolute atomic E-state index is 0.0156. The molecule has 0 aliphatic carbocycles. The molecular weight excluding hydrogens is 356 g/mol. The fraction of sp³-hybridized carbons (Fsp3) is 0.286. The summed E-state index contributed by atoms with van der Waals surface area (Å²) in [4.78, 5) is 20.6. The van der Waals surface area contributed by atoms with Gasteiger partial charge in [0.2, 0.25) is 5.91 Å². The maximum atomic E-state index is 12.5. The van der Waals surface area contributed by atoms with E-state index in [4.69, 9.17) is 14.7 Å². The van der Waals surface area contributed by atoms with Crippen LogP contribution in [0.2, 0.25) is 0 Å². The van der Waals surface area contributed by atoms with Gasteiger partial charge in [0.15, 0.2) is 18.1 Å². The summed E-state index contributed by atoms with van der Waals surface area (Å²) in [5.74, 6) is 1.01. The first-order valence-corrected chi connectivity index (χ1v) is 9.01. The lowest BCUT2D eigenvalue weighted by atomic mass is 10.1. The van der Waals surface area contributed by atoms with E-state index in [1.165, 1.54) is 7.11 Å². The van der Waals surface area contributed by atoms with Gasteiger partial charge in [0.1, 0.15) is 6.07 Å². The average Bonchev–Trinajstić information content (AvgIpc) is 2.77. The molecule has 1 fully saturated rings. The Bertz CT molecular complexity index is 869. The van der Waals surface area contributed by atoms with Crippen molar-refractivity contribution in [2.75, 3.05) is 44.8 Å². The molecule has 7 nitrogen and oxygen atoms in total. The number of methoxy groups -OCH3 is 1. The number of carbonyl (C=O) groups excluding carboxylic acids is 1. The van der Waals surface area contributed by atoms with E-state index in [0.29, 0.717) is 24.6 Å². The predicted octanol–water partition coefficient (Wildman–Crippen LogP) is 2.35. The van der Waals surface area contributed by atoms with Crippen molar-refractivity contribution in [1.82, 2.24) is 9.88 Å². The minimum atomic E-state index is -0.0461. The summed E-state index contributed by atoms with van der Waals surface area (Å²) in [5, 5.41) is 8.62. The maximum absolute atomic E-state index is 12.5. The van der Waals surface area contributed by atoms with Crippen molar-refractivity contribution in [1.29, 1.82) is 5.26 Å². The van der Waals surface area contributed by atoms with Gasteiger partial charge in [0.05, 0.1) is 7.11 Å². The fourth-order valence-corrected chi connectivity index (χ4v) is 3.03. The highest BCUT2D eigenvalue weighted by Crippen LogP contribution is 2.28. The van der Waals surface area contributed by atoms with E-state index in [9.17, 15) is 4.79 Å². The number of carbonyl (C=O) groups is 1. The SMILES string of the molecule is COc1cc(/C=C/C(=O)N2CCN(c3ccncc3)CC2)ccc1OCC#N. The van der Waals surface area contributed by atoms with Crippen molar-refractivity contribution >= 4 is 17.7 Å². The normalized spacial score (nSPS) is 14.0. The molecule has 1 amide bonds. The van der Waals surface area contributed by atoms with Gasteiger partial charge < -0.3 is 19.3 Å². The number of hydrogen-bond donors (Lipinski definition) is 0. The summed E-state index contributed by atoms with van der Waals surface area (Å²) in [5.41, 5.74) is 1.95.